The fourth-order valence-corrected chi connectivity index (χ4v) is 3.21. The van der Waals surface area contributed by atoms with Gasteiger partial charge in [0.05, 0.1) is 6.10 Å². The van der Waals surface area contributed by atoms with Crippen LogP contribution in [0.25, 0.3) is 0 Å². The van der Waals surface area contributed by atoms with Crippen molar-refractivity contribution >= 4 is 0 Å². The zero-order valence-electron chi connectivity index (χ0n) is 12.5. The second-order valence-corrected chi connectivity index (χ2v) is 6.15. The van der Waals surface area contributed by atoms with E-state index in [-0.39, 0.29) is 6.10 Å². The van der Waals surface area contributed by atoms with Crippen LogP contribution < -0.4 is 0 Å². The van der Waals surface area contributed by atoms with Gasteiger partial charge in [-0.2, -0.15) is 0 Å². The number of rotatable bonds is 6. The van der Waals surface area contributed by atoms with Gasteiger partial charge in [0.25, 0.3) is 0 Å². The predicted molar refractivity (Wildman–Crippen MR) is 87.4 cm³/mol. The second-order valence-electron chi connectivity index (χ2n) is 6.15. The molecular weight excluding hydrogens is 256 g/mol. The molecule has 3 rings (SSSR count). The molecule has 0 radical (unpaired) electrons. The van der Waals surface area contributed by atoms with Crippen LogP contribution in [0.2, 0.25) is 0 Å². The molecule has 110 valence electrons. The van der Waals surface area contributed by atoms with Crippen molar-refractivity contribution < 1.29 is 5.11 Å². The lowest BCUT2D eigenvalue weighted by molar-refractivity contribution is 0.162. The third-order valence-electron chi connectivity index (χ3n) is 4.69. The van der Waals surface area contributed by atoms with E-state index >= 15 is 0 Å². The van der Waals surface area contributed by atoms with Crippen LogP contribution in [0.5, 0.6) is 0 Å². The van der Waals surface area contributed by atoms with Crippen molar-refractivity contribution in [2.45, 2.75) is 50.5 Å². The van der Waals surface area contributed by atoms with Crippen molar-refractivity contribution in [3.63, 3.8) is 0 Å². The standard InChI is InChI=1S/C20H24O/c21-20(15-6-10-16-8-2-1-3-9-16)19-14-5-4-13-18(19)17-11-7-12-17/h1-5,8-9,13-14,17,20-21H,6-7,10-12,15H2. The first kappa shape index (κ1) is 14.3. The van der Waals surface area contributed by atoms with Crippen molar-refractivity contribution in [3.05, 3.63) is 71.3 Å². The van der Waals surface area contributed by atoms with Crippen LogP contribution in [-0.2, 0) is 6.42 Å². The molecule has 1 fully saturated rings. The Hall–Kier alpha value is -1.60. The van der Waals surface area contributed by atoms with Crippen molar-refractivity contribution in [1.29, 1.82) is 0 Å². The number of hydrogen-bond acceptors (Lipinski definition) is 1. The van der Waals surface area contributed by atoms with Gasteiger partial charge in [-0.25, -0.2) is 0 Å². The fourth-order valence-electron chi connectivity index (χ4n) is 3.21. The molecule has 2 aromatic rings. The lowest BCUT2D eigenvalue weighted by Crippen LogP contribution is -2.13. The third kappa shape index (κ3) is 3.54. The van der Waals surface area contributed by atoms with E-state index in [9.17, 15) is 5.11 Å². The number of aliphatic hydroxyl groups is 1. The Labute approximate surface area is 127 Å². The lowest BCUT2D eigenvalue weighted by Gasteiger charge is -2.29. The maximum Gasteiger partial charge on any atom is 0.0792 e. The molecule has 0 saturated heterocycles. The minimum Gasteiger partial charge on any atom is -0.388 e. The molecule has 0 aliphatic heterocycles. The average Bonchev–Trinajstić information content (AvgIpc) is 2.47. The Morgan fingerprint density at radius 3 is 2.38 bits per heavy atom. The molecule has 1 N–H and O–H groups in total. The molecule has 1 aliphatic rings. The maximum absolute atomic E-state index is 10.5. The van der Waals surface area contributed by atoms with Gasteiger partial charge in [-0.3, -0.25) is 0 Å². The summed E-state index contributed by atoms with van der Waals surface area (Å²) in [6.07, 6.45) is 6.52. The quantitative estimate of drug-likeness (QED) is 0.788. The minimum absolute atomic E-state index is 0.314. The SMILES string of the molecule is OC(CCCc1ccccc1)c1ccccc1C1CCC1. The summed E-state index contributed by atoms with van der Waals surface area (Å²) < 4.78 is 0. The van der Waals surface area contributed by atoms with E-state index in [1.807, 2.05) is 6.07 Å². The molecule has 1 saturated carbocycles. The topological polar surface area (TPSA) is 20.2 Å². The number of aryl methyl sites for hydroxylation is 1. The van der Waals surface area contributed by atoms with Gasteiger partial charge in [-0.1, -0.05) is 61.0 Å². The largest absolute Gasteiger partial charge is 0.388 e. The van der Waals surface area contributed by atoms with Crippen LogP contribution in [0.1, 0.15) is 60.8 Å². The van der Waals surface area contributed by atoms with Crippen molar-refractivity contribution in [2.24, 2.45) is 0 Å². The molecule has 1 heteroatoms. The molecule has 1 aliphatic carbocycles. The van der Waals surface area contributed by atoms with Gasteiger partial charge in [-0.05, 0) is 54.7 Å². The summed E-state index contributed by atoms with van der Waals surface area (Å²) in [5.74, 6) is 0.685. The Morgan fingerprint density at radius 1 is 0.952 bits per heavy atom. The molecule has 0 heterocycles. The number of benzene rings is 2. The van der Waals surface area contributed by atoms with Crippen LogP contribution in [0.4, 0.5) is 0 Å². The highest BCUT2D eigenvalue weighted by Crippen LogP contribution is 2.40. The Morgan fingerprint density at radius 2 is 1.67 bits per heavy atom. The first-order valence-corrected chi connectivity index (χ1v) is 8.15. The Balaban J connectivity index is 1.59. The summed E-state index contributed by atoms with van der Waals surface area (Å²) in [6.45, 7) is 0. The second kappa shape index (κ2) is 6.91. The van der Waals surface area contributed by atoms with Gasteiger partial charge in [0, 0.05) is 0 Å². The summed E-state index contributed by atoms with van der Waals surface area (Å²) in [5.41, 5.74) is 3.91. The van der Waals surface area contributed by atoms with Crippen molar-refractivity contribution in [3.8, 4) is 0 Å². The van der Waals surface area contributed by atoms with Gasteiger partial charge < -0.3 is 5.11 Å². The first-order valence-electron chi connectivity index (χ1n) is 8.15. The highest BCUT2D eigenvalue weighted by atomic mass is 16.3. The summed E-state index contributed by atoms with van der Waals surface area (Å²) in [7, 11) is 0. The van der Waals surface area contributed by atoms with E-state index < -0.39 is 0 Å². The smallest absolute Gasteiger partial charge is 0.0792 e. The van der Waals surface area contributed by atoms with E-state index in [0.717, 1.165) is 24.8 Å². The lowest BCUT2D eigenvalue weighted by atomic mass is 9.77. The summed E-state index contributed by atoms with van der Waals surface area (Å²) in [5, 5.41) is 10.5. The van der Waals surface area contributed by atoms with E-state index in [1.165, 1.54) is 30.4 Å². The number of hydrogen-bond donors (Lipinski definition) is 1. The summed E-state index contributed by atoms with van der Waals surface area (Å²) in [6, 6.07) is 19.0. The van der Waals surface area contributed by atoms with Gasteiger partial charge in [0.15, 0.2) is 0 Å². The van der Waals surface area contributed by atoms with Crippen LogP contribution in [0.3, 0.4) is 0 Å². The molecular formula is C20H24O. The molecule has 2 aromatic carbocycles. The van der Waals surface area contributed by atoms with Crippen LogP contribution in [0, 0.1) is 0 Å². The van der Waals surface area contributed by atoms with Crippen LogP contribution >= 0.6 is 0 Å². The van der Waals surface area contributed by atoms with E-state index in [2.05, 4.69) is 48.5 Å². The van der Waals surface area contributed by atoms with Crippen LogP contribution in [-0.4, -0.2) is 5.11 Å². The molecule has 1 nitrogen and oxygen atoms in total. The molecule has 0 amide bonds. The molecule has 0 aromatic heterocycles. The highest BCUT2D eigenvalue weighted by molar-refractivity contribution is 5.33. The van der Waals surface area contributed by atoms with Crippen molar-refractivity contribution in [1.82, 2.24) is 0 Å². The maximum atomic E-state index is 10.5. The zero-order valence-corrected chi connectivity index (χ0v) is 12.5. The van der Waals surface area contributed by atoms with E-state index in [1.54, 1.807) is 0 Å². The Kier molecular flexibility index (Phi) is 4.72. The first-order chi connectivity index (χ1) is 10.3. The molecule has 1 unspecified atom stereocenters. The fraction of sp³-hybridized carbons (Fsp3) is 0.400. The monoisotopic (exact) mass is 280 g/mol. The highest BCUT2D eigenvalue weighted by Gasteiger charge is 2.23. The third-order valence-corrected chi connectivity index (χ3v) is 4.69. The summed E-state index contributed by atoms with van der Waals surface area (Å²) >= 11 is 0. The summed E-state index contributed by atoms with van der Waals surface area (Å²) in [4.78, 5) is 0. The molecule has 1 atom stereocenters. The predicted octanol–water partition coefficient (Wildman–Crippen LogP) is 5.01. The normalized spacial score (nSPS) is 16.4. The van der Waals surface area contributed by atoms with Gasteiger partial charge in [0.1, 0.15) is 0 Å². The molecule has 0 spiro atoms. The zero-order chi connectivity index (χ0) is 14.5. The van der Waals surface area contributed by atoms with Crippen molar-refractivity contribution in [2.75, 3.05) is 0 Å². The van der Waals surface area contributed by atoms with Gasteiger partial charge in [0.2, 0.25) is 0 Å². The average molecular weight is 280 g/mol. The van der Waals surface area contributed by atoms with Gasteiger partial charge in [-0.15, -0.1) is 0 Å². The Bertz CT molecular complexity index is 557. The van der Waals surface area contributed by atoms with Gasteiger partial charge >= 0.3 is 0 Å². The molecule has 0 bridgehead atoms. The molecule has 21 heavy (non-hydrogen) atoms. The minimum atomic E-state index is -0.314. The number of aliphatic hydroxyl groups excluding tert-OH is 1. The van der Waals surface area contributed by atoms with E-state index in [4.69, 9.17) is 0 Å². The van der Waals surface area contributed by atoms with E-state index in [0.29, 0.717) is 5.92 Å². The van der Waals surface area contributed by atoms with Crippen LogP contribution in [0.15, 0.2) is 54.6 Å².